The molecule has 2 aliphatic heterocycles. The Balaban J connectivity index is 1.31. The van der Waals surface area contributed by atoms with Gasteiger partial charge in [0, 0.05) is 67.8 Å². The monoisotopic (exact) mass is 518 g/mol. The molecule has 2 saturated heterocycles. The van der Waals surface area contributed by atoms with E-state index >= 15 is 0 Å². The predicted octanol–water partition coefficient (Wildman–Crippen LogP) is 2.77. The van der Waals surface area contributed by atoms with E-state index in [-0.39, 0.29) is 5.91 Å². The molecule has 192 valence electrons. The minimum Gasteiger partial charge on any atom is -0.384 e. The molecular weight excluding hydrogens is 488 g/mol. The zero-order valence-electron chi connectivity index (χ0n) is 20.8. The Labute approximate surface area is 219 Å². The van der Waals surface area contributed by atoms with Crippen molar-refractivity contribution in [3.63, 3.8) is 0 Å². The topological polar surface area (TPSA) is 94.9 Å². The van der Waals surface area contributed by atoms with Crippen LogP contribution < -0.4 is 4.90 Å². The lowest BCUT2D eigenvalue weighted by atomic mass is 10.1. The summed E-state index contributed by atoms with van der Waals surface area (Å²) in [6, 6.07) is 12.4. The van der Waals surface area contributed by atoms with Crippen LogP contribution in [-0.2, 0) is 16.1 Å². The number of carbonyl (C=O) groups excluding carboxylic acids is 1. The van der Waals surface area contributed by atoms with Crippen LogP contribution in [0, 0.1) is 0 Å². The van der Waals surface area contributed by atoms with Crippen molar-refractivity contribution in [1.82, 2.24) is 24.8 Å². The van der Waals surface area contributed by atoms with Crippen molar-refractivity contribution in [1.29, 1.82) is 0 Å². The molecule has 2 fully saturated rings. The van der Waals surface area contributed by atoms with Gasteiger partial charge in [-0.1, -0.05) is 18.2 Å². The van der Waals surface area contributed by atoms with E-state index in [9.17, 15) is 9.90 Å². The van der Waals surface area contributed by atoms with Crippen molar-refractivity contribution in [3.05, 3.63) is 47.5 Å². The third-order valence-electron chi connectivity index (χ3n) is 7.00. The number of aromatic nitrogens is 3. The lowest BCUT2D eigenvalue weighted by molar-refractivity contribution is -0.141. The summed E-state index contributed by atoms with van der Waals surface area (Å²) in [5, 5.41) is 11.8. The second kappa shape index (κ2) is 10.3. The van der Waals surface area contributed by atoms with Crippen LogP contribution in [0.2, 0.25) is 0 Å². The van der Waals surface area contributed by atoms with E-state index in [1.54, 1.807) is 16.2 Å². The average Bonchev–Trinajstić information content (AvgIpc) is 3.35. The fourth-order valence-electron chi connectivity index (χ4n) is 4.98. The Kier molecular flexibility index (Phi) is 6.72. The number of amides is 1. The van der Waals surface area contributed by atoms with Crippen molar-refractivity contribution in [3.8, 4) is 11.4 Å². The van der Waals surface area contributed by atoms with E-state index in [0.29, 0.717) is 32.1 Å². The number of anilines is 1. The van der Waals surface area contributed by atoms with Crippen molar-refractivity contribution in [2.24, 2.45) is 0 Å². The molecule has 10 heteroatoms. The number of hydrogen-bond acceptors (Lipinski definition) is 9. The first kappa shape index (κ1) is 24.2. The Morgan fingerprint density at radius 1 is 1.08 bits per heavy atom. The number of piperazine rings is 1. The van der Waals surface area contributed by atoms with Crippen molar-refractivity contribution >= 4 is 44.2 Å². The zero-order chi connectivity index (χ0) is 25.4. The first-order chi connectivity index (χ1) is 18.0. The van der Waals surface area contributed by atoms with Gasteiger partial charge in [-0.05, 0) is 25.1 Å². The van der Waals surface area contributed by atoms with Gasteiger partial charge in [0.2, 0.25) is 0 Å². The average molecular weight is 519 g/mol. The fraction of sp³-hybridized carbons (Fsp3) is 0.407. The minimum absolute atomic E-state index is 0.192. The number of pyridine rings is 1. The number of carbonyl (C=O) groups is 1. The molecule has 1 N–H and O–H groups in total. The van der Waals surface area contributed by atoms with E-state index in [1.165, 1.54) is 11.8 Å². The summed E-state index contributed by atoms with van der Waals surface area (Å²) in [5.74, 6) is 1.44. The van der Waals surface area contributed by atoms with Gasteiger partial charge in [-0.15, -0.1) is 11.3 Å². The molecule has 3 aromatic heterocycles. The van der Waals surface area contributed by atoms with Gasteiger partial charge in [-0.25, -0.2) is 9.97 Å². The summed E-state index contributed by atoms with van der Waals surface area (Å²) in [5.41, 5.74) is 1.86. The number of nitrogens with zero attached hydrogens (tertiary/aromatic N) is 6. The highest BCUT2D eigenvalue weighted by Gasteiger charge is 2.25. The van der Waals surface area contributed by atoms with Gasteiger partial charge < -0.3 is 19.6 Å². The number of fused-ring (bicyclic) bond motifs is 2. The molecule has 2 aliphatic rings. The highest BCUT2D eigenvalue weighted by molar-refractivity contribution is 7.18. The highest BCUT2D eigenvalue weighted by atomic mass is 32.1. The van der Waals surface area contributed by atoms with Gasteiger partial charge in [0.25, 0.3) is 5.91 Å². The summed E-state index contributed by atoms with van der Waals surface area (Å²) >= 11 is 1.70. The van der Waals surface area contributed by atoms with Crippen LogP contribution in [0.15, 0.2) is 42.6 Å². The maximum atomic E-state index is 12.1. The molecule has 37 heavy (non-hydrogen) atoms. The van der Waals surface area contributed by atoms with Gasteiger partial charge in [0.1, 0.15) is 16.8 Å². The number of hydrogen-bond donors (Lipinski definition) is 1. The normalized spacial score (nSPS) is 18.0. The fourth-order valence-corrected chi connectivity index (χ4v) is 6.05. The molecule has 0 unspecified atom stereocenters. The van der Waals surface area contributed by atoms with E-state index in [1.807, 2.05) is 24.4 Å². The molecule has 1 aromatic carbocycles. The summed E-state index contributed by atoms with van der Waals surface area (Å²) in [6.45, 7) is 8.12. The molecule has 1 amide bonds. The van der Waals surface area contributed by atoms with Gasteiger partial charge in [0.05, 0.1) is 24.1 Å². The number of rotatable bonds is 5. The van der Waals surface area contributed by atoms with Gasteiger partial charge >= 0.3 is 0 Å². The van der Waals surface area contributed by atoms with Gasteiger partial charge in [-0.2, -0.15) is 0 Å². The van der Waals surface area contributed by atoms with E-state index in [2.05, 4.69) is 33.0 Å². The summed E-state index contributed by atoms with van der Waals surface area (Å²) < 4.78 is 5.60. The molecule has 0 bridgehead atoms. The number of morpholine rings is 1. The van der Waals surface area contributed by atoms with Crippen molar-refractivity contribution < 1.29 is 14.6 Å². The summed E-state index contributed by atoms with van der Waals surface area (Å²) in [6.07, 6.45) is 0.910. The third kappa shape index (κ3) is 5.02. The van der Waals surface area contributed by atoms with Gasteiger partial charge in [-0.3, -0.25) is 14.7 Å². The van der Waals surface area contributed by atoms with Crippen LogP contribution in [0.4, 0.5) is 5.82 Å². The number of para-hydroxylation sites is 1. The molecule has 0 spiro atoms. The number of benzene rings is 1. The van der Waals surface area contributed by atoms with E-state index in [4.69, 9.17) is 14.7 Å². The van der Waals surface area contributed by atoms with Gasteiger partial charge in [0.15, 0.2) is 5.82 Å². The van der Waals surface area contributed by atoms with E-state index < -0.39 is 6.10 Å². The van der Waals surface area contributed by atoms with Crippen LogP contribution in [0.1, 0.15) is 11.8 Å². The second-order valence-corrected chi connectivity index (χ2v) is 10.7. The smallest absolute Gasteiger partial charge is 0.251 e. The number of aliphatic hydroxyl groups is 1. The predicted molar refractivity (Wildman–Crippen MR) is 145 cm³/mol. The standard InChI is InChI=1S/C27H30N6O3S/c1-18(34)27(35)33-8-6-31(7-9-33)17-21-15-22-25(32-10-12-36-13-11-32)29-24(30-26(22)37-21)20-14-19-4-2-3-5-23(19)28-16-20/h2-5,14-16,18,34H,6-13,17H2,1H3/t18-/m0/s1. The zero-order valence-corrected chi connectivity index (χ0v) is 21.7. The number of thiophene rings is 1. The largest absolute Gasteiger partial charge is 0.384 e. The van der Waals surface area contributed by atoms with Crippen molar-refractivity contribution in [2.75, 3.05) is 57.4 Å². The van der Waals surface area contributed by atoms with Crippen LogP contribution >= 0.6 is 11.3 Å². The molecule has 1 atom stereocenters. The first-order valence-corrected chi connectivity index (χ1v) is 13.5. The molecule has 5 heterocycles. The maximum Gasteiger partial charge on any atom is 0.251 e. The van der Waals surface area contributed by atoms with Crippen LogP contribution in [0.25, 0.3) is 32.5 Å². The highest BCUT2D eigenvalue weighted by Crippen LogP contribution is 2.34. The molecule has 0 radical (unpaired) electrons. The van der Waals surface area contributed by atoms with Crippen LogP contribution in [-0.4, -0.2) is 94.4 Å². The number of aliphatic hydroxyl groups excluding tert-OH is 1. The molecule has 9 nitrogen and oxygen atoms in total. The summed E-state index contributed by atoms with van der Waals surface area (Å²) in [4.78, 5) is 35.4. The quantitative estimate of drug-likeness (QED) is 0.431. The Hall–Kier alpha value is -3.18. The molecule has 4 aromatic rings. The molecule has 0 saturated carbocycles. The molecule has 6 rings (SSSR count). The maximum absolute atomic E-state index is 12.1. The lowest BCUT2D eigenvalue weighted by Gasteiger charge is -2.35. The Morgan fingerprint density at radius 3 is 2.65 bits per heavy atom. The SMILES string of the molecule is C[C@H](O)C(=O)N1CCN(Cc2cc3c(N4CCOCC4)nc(-c4cnc5ccccc5c4)nc3s2)CC1. The van der Waals surface area contributed by atoms with E-state index in [0.717, 1.165) is 65.2 Å². The molecular formula is C27H30N6O3S. The lowest BCUT2D eigenvalue weighted by Crippen LogP contribution is -2.50. The minimum atomic E-state index is -0.946. The van der Waals surface area contributed by atoms with Crippen molar-refractivity contribution in [2.45, 2.75) is 19.6 Å². The second-order valence-electron chi connectivity index (χ2n) is 9.60. The summed E-state index contributed by atoms with van der Waals surface area (Å²) in [7, 11) is 0. The first-order valence-electron chi connectivity index (χ1n) is 12.7. The third-order valence-corrected chi connectivity index (χ3v) is 8.02. The Morgan fingerprint density at radius 2 is 1.86 bits per heavy atom. The van der Waals surface area contributed by atoms with Crippen LogP contribution in [0.3, 0.4) is 0 Å². The Bertz CT molecular complexity index is 1430. The van der Waals surface area contributed by atoms with Crippen LogP contribution in [0.5, 0.6) is 0 Å². The molecule has 0 aliphatic carbocycles. The number of ether oxygens (including phenoxy) is 1.